The second-order valence-corrected chi connectivity index (χ2v) is 5.17. The van der Waals surface area contributed by atoms with Gasteiger partial charge in [0.25, 0.3) is 0 Å². The summed E-state index contributed by atoms with van der Waals surface area (Å²) in [5.74, 6) is 1.87. The van der Waals surface area contributed by atoms with E-state index in [9.17, 15) is 0 Å². The summed E-state index contributed by atoms with van der Waals surface area (Å²) in [5, 5.41) is 4.07. The third-order valence-electron chi connectivity index (χ3n) is 3.59. The number of benzene rings is 1. The Morgan fingerprint density at radius 1 is 1.32 bits per heavy atom. The molecule has 0 amide bonds. The smallest absolute Gasteiger partial charge is 0.127 e. The fourth-order valence-corrected chi connectivity index (χ4v) is 2.93. The van der Waals surface area contributed by atoms with Crippen LogP contribution in [0.1, 0.15) is 28.5 Å². The molecule has 1 atom stereocenters. The second kappa shape index (κ2) is 4.91. The second-order valence-electron chi connectivity index (χ2n) is 4.74. The summed E-state index contributed by atoms with van der Waals surface area (Å²) < 4.78 is 11.2. The van der Waals surface area contributed by atoms with Crippen molar-refractivity contribution in [2.45, 2.75) is 19.4 Å². The van der Waals surface area contributed by atoms with Crippen LogP contribution in [0.15, 0.2) is 28.9 Å². The molecule has 3 rings (SSSR count). The average Bonchev–Trinajstić information content (AvgIpc) is 2.99. The lowest BCUT2D eigenvalue weighted by atomic mass is 9.96. The third kappa shape index (κ3) is 2.13. The van der Waals surface area contributed by atoms with Crippen molar-refractivity contribution in [2.24, 2.45) is 0 Å². The summed E-state index contributed by atoms with van der Waals surface area (Å²) in [4.78, 5) is 0. The van der Waals surface area contributed by atoms with Gasteiger partial charge in [-0.3, -0.25) is 0 Å². The molecule has 1 aliphatic heterocycles. The normalized spacial score (nSPS) is 15.1. The van der Waals surface area contributed by atoms with E-state index in [-0.39, 0.29) is 6.04 Å². The first-order valence-corrected chi connectivity index (χ1v) is 6.75. The first kappa shape index (κ1) is 12.6. The number of fused-ring (bicyclic) bond motifs is 1. The number of aryl methyl sites for hydroxylation is 1. The van der Waals surface area contributed by atoms with Gasteiger partial charge in [-0.05, 0) is 37.7 Å². The Morgan fingerprint density at radius 2 is 2.16 bits per heavy atom. The summed E-state index contributed by atoms with van der Waals surface area (Å²) in [6.07, 6.45) is 2.63. The van der Waals surface area contributed by atoms with Gasteiger partial charge in [-0.15, -0.1) is 0 Å². The standard InChI is InChI=1S/C15H16ClNO2/c1-9-12(4-6-18-9)14(17-2)13-8-11(16)7-10-3-5-19-15(10)13/h4,6-8,14,17H,3,5H2,1-2H3. The first-order chi connectivity index (χ1) is 9.20. The molecular formula is C15H16ClNO2. The Kier molecular flexibility index (Phi) is 3.25. The SMILES string of the molecule is CNC(c1ccoc1C)c1cc(Cl)cc2c1OCC2. The van der Waals surface area contributed by atoms with Crippen LogP contribution in [0.25, 0.3) is 0 Å². The van der Waals surface area contributed by atoms with Gasteiger partial charge in [0.15, 0.2) is 0 Å². The molecule has 1 aliphatic rings. The minimum atomic E-state index is 0.0318. The van der Waals surface area contributed by atoms with E-state index in [1.807, 2.05) is 32.2 Å². The van der Waals surface area contributed by atoms with Crippen molar-refractivity contribution in [3.63, 3.8) is 0 Å². The van der Waals surface area contributed by atoms with Crippen LogP contribution in [0.4, 0.5) is 0 Å². The van der Waals surface area contributed by atoms with Gasteiger partial charge < -0.3 is 14.5 Å². The number of furan rings is 1. The van der Waals surface area contributed by atoms with Crippen molar-refractivity contribution in [3.05, 3.63) is 51.9 Å². The zero-order chi connectivity index (χ0) is 13.4. The maximum absolute atomic E-state index is 6.22. The van der Waals surface area contributed by atoms with E-state index < -0.39 is 0 Å². The van der Waals surface area contributed by atoms with Crippen molar-refractivity contribution >= 4 is 11.6 Å². The molecule has 2 aromatic rings. The van der Waals surface area contributed by atoms with E-state index >= 15 is 0 Å². The van der Waals surface area contributed by atoms with Gasteiger partial charge in [0.2, 0.25) is 0 Å². The van der Waals surface area contributed by atoms with Crippen LogP contribution in [0, 0.1) is 6.92 Å². The highest BCUT2D eigenvalue weighted by atomic mass is 35.5. The minimum Gasteiger partial charge on any atom is -0.493 e. The molecule has 1 aromatic heterocycles. The van der Waals surface area contributed by atoms with Crippen LogP contribution in [0.2, 0.25) is 5.02 Å². The summed E-state index contributed by atoms with van der Waals surface area (Å²) in [6, 6.07) is 5.98. The summed E-state index contributed by atoms with van der Waals surface area (Å²) in [6.45, 7) is 2.69. The molecule has 100 valence electrons. The predicted octanol–water partition coefficient (Wildman–Crippen LogP) is 3.49. The molecule has 19 heavy (non-hydrogen) atoms. The Balaban J connectivity index is 2.12. The van der Waals surface area contributed by atoms with Crippen LogP contribution in [0.5, 0.6) is 5.75 Å². The molecule has 2 heterocycles. The molecule has 3 nitrogen and oxygen atoms in total. The van der Waals surface area contributed by atoms with Gasteiger partial charge in [0.05, 0.1) is 18.9 Å². The zero-order valence-corrected chi connectivity index (χ0v) is 11.8. The molecule has 0 bridgehead atoms. The number of ether oxygens (including phenoxy) is 1. The third-order valence-corrected chi connectivity index (χ3v) is 3.80. The maximum atomic E-state index is 6.22. The van der Waals surface area contributed by atoms with Crippen LogP contribution in [0.3, 0.4) is 0 Å². The number of rotatable bonds is 3. The van der Waals surface area contributed by atoms with Gasteiger partial charge in [0, 0.05) is 22.6 Å². The molecule has 1 N–H and O–H groups in total. The molecule has 0 radical (unpaired) electrons. The monoisotopic (exact) mass is 277 g/mol. The van der Waals surface area contributed by atoms with Gasteiger partial charge in [-0.1, -0.05) is 11.6 Å². The maximum Gasteiger partial charge on any atom is 0.127 e. The molecule has 4 heteroatoms. The van der Waals surface area contributed by atoms with Crippen molar-refractivity contribution in [2.75, 3.05) is 13.7 Å². The van der Waals surface area contributed by atoms with E-state index in [4.69, 9.17) is 20.8 Å². The quantitative estimate of drug-likeness (QED) is 0.933. The van der Waals surface area contributed by atoms with E-state index in [0.717, 1.165) is 40.7 Å². The highest BCUT2D eigenvalue weighted by Gasteiger charge is 2.25. The average molecular weight is 278 g/mol. The summed E-state index contributed by atoms with van der Waals surface area (Å²) in [7, 11) is 1.93. The molecule has 1 unspecified atom stereocenters. The fourth-order valence-electron chi connectivity index (χ4n) is 2.69. The molecule has 0 spiro atoms. The van der Waals surface area contributed by atoms with E-state index in [0.29, 0.717) is 0 Å². The number of halogens is 1. The topological polar surface area (TPSA) is 34.4 Å². The van der Waals surface area contributed by atoms with Gasteiger partial charge in [0.1, 0.15) is 11.5 Å². The number of nitrogens with one attached hydrogen (secondary N) is 1. The van der Waals surface area contributed by atoms with Gasteiger partial charge in [-0.25, -0.2) is 0 Å². The Labute approximate surface area is 117 Å². The van der Waals surface area contributed by atoms with Gasteiger partial charge >= 0.3 is 0 Å². The lowest BCUT2D eigenvalue weighted by Crippen LogP contribution is -2.18. The fraction of sp³-hybridized carbons (Fsp3) is 0.333. The molecule has 0 saturated carbocycles. The largest absolute Gasteiger partial charge is 0.493 e. The van der Waals surface area contributed by atoms with Crippen LogP contribution in [-0.2, 0) is 6.42 Å². The highest BCUT2D eigenvalue weighted by Crippen LogP contribution is 2.39. The molecular weight excluding hydrogens is 262 g/mol. The Bertz CT molecular complexity index is 606. The summed E-state index contributed by atoms with van der Waals surface area (Å²) in [5.41, 5.74) is 3.37. The van der Waals surface area contributed by atoms with Crippen molar-refractivity contribution < 1.29 is 9.15 Å². The van der Waals surface area contributed by atoms with Crippen molar-refractivity contribution in [3.8, 4) is 5.75 Å². The van der Waals surface area contributed by atoms with Crippen molar-refractivity contribution in [1.82, 2.24) is 5.32 Å². The number of hydrogen-bond donors (Lipinski definition) is 1. The van der Waals surface area contributed by atoms with Crippen LogP contribution < -0.4 is 10.1 Å². The Morgan fingerprint density at radius 3 is 2.84 bits per heavy atom. The van der Waals surface area contributed by atoms with Crippen LogP contribution in [-0.4, -0.2) is 13.7 Å². The first-order valence-electron chi connectivity index (χ1n) is 6.37. The van der Waals surface area contributed by atoms with Crippen molar-refractivity contribution in [1.29, 1.82) is 0 Å². The highest BCUT2D eigenvalue weighted by molar-refractivity contribution is 6.30. The Hall–Kier alpha value is -1.45. The minimum absolute atomic E-state index is 0.0318. The van der Waals surface area contributed by atoms with Crippen LogP contribution >= 0.6 is 11.6 Å². The van der Waals surface area contributed by atoms with Gasteiger partial charge in [-0.2, -0.15) is 0 Å². The van der Waals surface area contributed by atoms with E-state index in [2.05, 4.69) is 5.32 Å². The molecule has 0 aliphatic carbocycles. The predicted molar refractivity (Wildman–Crippen MR) is 75.0 cm³/mol. The molecule has 0 saturated heterocycles. The number of hydrogen-bond acceptors (Lipinski definition) is 3. The lowest BCUT2D eigenvalue weighted by Gasteiger charge is -2.19. The zero-order valence-electron chi connectivity index (χ0n) is 11.0. The summed E-state index contributed by atoms with van der Waals surface area (Å²) >= 11 is 6.22. The molecule has 1 aromatic carbocycles. The van der Waals surface area contributed by atoms with E-state index in [1.54, 1.807) is 6.26 Å². The lowest BCUT2D eigenvalue weighted by molar-refractivity contribution is 0.351. The van der Waals surface area contributed by atoms with E-state index in [1.165, 1.54) is 5.56 Å². The molecule has 0 fully saturated rings.